The Bertz CT molecular complexity index is 346. The maximum atomic E-state index is 11.6. The van der Waals surface area contributed by atoms with Crippen LogP contribution in [0.1, 0.15) is 33.6 Å². The molecular formula is C12H23N3O4. The van der Waals surface area contributed by atoms with Gasteiger partial charge in [0.2, 0.25) is 5.91 Å². The molecule has 0 aromatic heterocycles. The number of carbonyl (C=O) groups excluding carboxylic acids is 2. The molecule has 0 spiro atoms. The number of nitrogens with one attached hydrogen (secondary N) is 2. The normalized spacial score (nSPS) is 13.3. The second-order valence-corrected chi connectivity index (χ2v) is 4.60. The molecule has 0 aliphatic carbocycles. The lowest BCUT2D eigenvalue weighted by atomic mass is 9.97. The molecule has 7 heteroatoms. The first-order chi connectivity index (χ1) is 8.76. The Kier molecular flexibility index (Phi) is 6.89. The number of nitrogens with zero attached hydrogens (tertiary/aromatic N) is 1. The highest BCUT2D eigenvalue weighted by Gasteiger charge is 2.33. The number of amides is 3. The number of hydrogen-bond donors (Lipinski definition) is 3. The van der Waals surface area contributed by atoms with Gasteiger partial charge in [-0.2, -0.15) is 0 Å². The van der Waals surface area contributed by atoms with Crippen molar-refractivity contribution in [2.45, 2.75) is 39.2 Å². The molecule has 110 valence electrons. The Labute approximate surface area is 113 Å². The average Bonchev–Trinajstić information content (AvgIpc) is 2.34. The van der Waals surface area contributed by atoms with Crippen molar-refractivity contribution in [1.29, 1.82) is 0 Å². The Morgan fingerprint density at radius 1 is 1.26 bits per heavy atom. The van der Waals surface area contributed by atoms with E-state index < -0.39 is 17.5 Å². The van der Waals surface area contributed by atoms with Crippen LogP contribution >= 0.6 is 0 Å². The summed E-state index contributed by atoms with van der Waals surface area (Å²) in [6.45, 7) is 5.49. The summed E-state index contributed by atoms with van der Waals surface area (Å²) in [5.41, 5.74) is -1.32. The average molecular weight is 273 g/mol. The number of hydrogen-bond acceptors (Lipinski definition) is 3. The standard InChI is InChI=1S/C12H23N3O4/c1-5-7-12(3,10(17)18)14-11(19)13-8-9(16)15(4)6-2/h5-8H2,1-4H3,(H,17,18)(H2,13,14,19). The zero-order valence-corrected chi connectivity index (χ0v) is 11.9. The monoisotopic (exact) mass is 273 g/mol. The van der Waals surface area contributed by atoms with Gasteiger partial charge in [-0.15, -0.1) is 0 Å². The summed E-state index contributed by atoms with van der Waals surface area (Å²) in [4.78, 5) is 35.7. The second kappa shape index (κ2) is 7.60. The minimum absolute atomic E-state index is 0.155. The first kappa shape index (κ1) is 17.2. The second-order valence-electron chi connectivity index (χ2n) is 4.60. The molecule has 0 saturated heterocycles. The van der Waals surface area contributed by atoms with Crippen molar-refractivity contribution in [3.8, 4) is 0 Å². The summed E-state index contributed by atoms with van der Waals surface area (Å²) in [6.07, 6.45) is 0.944. The van der Waals surface area contributed by atoms with Crippen molar-refractivity contribution in [1.82, 2.24) is 15.5 Å². The maximum absolute atomic E-state index is 11.6. The topological polar surface area (TPSA) is 98.7 Å². The van der Waals surface area contributed by atoms with Gasteiger partial charge in [-0.3, -0.25) is 4.79 Å². The molecule has 0 fully saturated rings. The summed E-state index contributed by atoms with van der Waals surface area (Å²) in [5, 5.41) is 13.8. The molecule has 0 saturated carbocycles. The van der Waals surface area contributed by atoms with E-state index in [-0.39, 0.29) is 12.5 Å². The van der Waals surface area contributed by atoms with Crippen molar-refractivity contribution < 1.29 is 19.5 Å². The summed E-state index contributed by atoms with van der Waals surface area (Å²) >= 11 is 0. The summed E-state index contributed by atoms with van der Waals surface area (Å²) in [5.74, 6) is -1.33. The molecule has 0 aromatic rings. The molecule has 0 aliphatic rings. The van der Waals surface area contributed by atoms with Gasteiger partial charge in [0.05, 0.1) is 6.54 Å². The zero-order chi connectivity index (χ0) is 15.1. The molecule has 0 rings (SSSR count). The van der Waals surface area contributed by atoms with Crippen molar-refractivity contribution in [3.05, 3.63) is 0 Å². The fourth-order valence-corrected chi connectivity index (χ4v) is 1.48. The molecule has 3 amide bonds. The molecule has 1 unspecified atom stereocenters. The minimum Gasteiger partial charge on any atom is -0.480 e. The van der Waals surface area contributed by atoms with Crippen molar-refractivity contribution in [2.75, 3.05) is 20.1 Å². The predicted molar refractivity (Wildman–Crippen MR) is 70.8 cm³/mol. The quantitative estimate of drug-likeness (QED) is 0.625. The van der Waals surface area contributed by atoms with Crippen molar-refractivity contribution in [2.24, 2.45) is 0 Å². The lowest BCUT2D eigenvalue weighted by Crippen LogP contribution is -2.56. The van der Waals surface area contributed by atoms with E-state index in [9.17, 15) is 14.4 Å². The number of carboxylic acid groups (broad SMARTS) is 1. The van der Waals surface area contributed by atoms with E-state index >= 15 is 0 Å². The molecule has 0 radical (unpaired) electrons. The van der Waals surface area contributed by atoms with Gasteiger partial charge >= 0.3 is 12.0 Å². The molecule has 0 aliphatic heterocycles. The maximum Gasteiger partial charge on any atom is 0.329 e. The van der Waals surface area contributed by atoms with E-state index in [0.717, 1.165) is 0 Å². The number of aliphatic carboxylic acids is 1. The van der Waals surface area contributed by atoms with Crippen LogP contribution in [0.4, 0.5) is 4.79 Å². The lowest BCUT2D eigenvalue weighted by molar-refractivity contribution is -0.144. The van der Waals surface area contributed by atoms with Gasteiger partial charge in [0.25, 0.3) is 0 Å². The van der Waals surface area contributed by atoms with Crippen LogP contribution < -0.4 is 10.6 Å². The van der Waals surface area contributed by atoms with Gasteiger partial charge < -0.3 is 20.6 Å². The molecule has 0 aromatic carbocycles. The first-order valence-corrected chi connectivity index (χ1v) is 6.30. The fourth-order valence-electron chi connectivity index (χ4n) is 1.48. The molecular weight excluding hydrogens is 250 g/mol. The van der Waals surface area contributed by atoms with Crippen LogP contribution in [0.25, 0.3) is 0 Å². The number of likely N-dealkylation sites (N-methyl/N-ethyl adjacent to an activating group) is 1. The van der Waals surface area contributed by atoms with E-state index in [1.54, 1.807) is 7.05 Å². The van der Waals surface area contributed by atoms with Crippen LogP contribution in [-0.4, -0.2) is 53.6 Å². The van der Waals surface area contributed by atoms with Gasteiger partial charge in [-0.1, -0.05) is 13.3 Å². The summed E-state index contributed by atoms with van der Waals surface area (Å²) in [6, 6.07) is -0.656. The minimum atomic E-state index is -1.32. The Morgan fingerprint density at radius 2 is 1.84 bits per heavy atom. The van der Waals surface area contributed by atoms with E-state index in [1.807, 2.05) is 13.8 Å². The largest absolute Gasteiger partial charge is 0.480 e. The smallest absolute Gasteiger partial charge is 0.329 e. The highest BCUT2D eigenvalue weighted by molar-refractivity contribution is 5.88. The van der Waals surface area contributed by atoms with E-state index in [4.69, 9.17) is 5.11 Å². The summed E-state index contributed by atoms with van der Waals surface area (Å²) < 4.78 is 0. The van der Waals surface area contributed by atoms with E-state index in [0.29, 0.717) is 19.4 Å². The van der Waals surface area contributed by atoms with Crippen LogP contribution in [0.5, 0.6) is 0 Å². The van der Waals surface area contributed by atoms with Crippen molar-refractivity contribution in [3.63, 3.8) is 0 Å². The number of urea groups is 1. The third-order valence-corrected chi connectivity index (χ3v) is 2.91. The molecule has 0 heterocycles. The van der Waals surface area contributed by atoms with Crippen LogP contribution in [-0.2, 0) is 9.59 Å². The number of rotatable bonds is 7. The van der Waals surface area contributed by atoms with Gasteiger partial charge in [-0.05, 0) is 20.3 Å². The predicted octanol–water partition coefficient (Wildman–Crippen LogP) is 0.407. The molecule has 0 bridgehead atoms. The van der Waals surface area contributed by atoms with Gasteiger partial charge in [0.1, 0.15) is 5.54 Å². The lowest BCUT2D eigenvalue weighted by Gasteiger charge is -2.26. The van der Waals surface area contributed by atoms with Gasteiger partial charge in [-0.25, -0.2) is 9.59 Å². The molecule has 19 heavy (non-hydrogen) atoms. The summed E-state index contributed by atoms with van der Waals surface area (Å²) in [7, 11) is 1.63. The zero-order valence-electron chi connectivity index (χ0n) is 11.9. The molecule has 3 N–H and O–H groups in total. The molecule has 7 nitrogen and oxygen atoms in total. The van der Waals surface area contributed by atoms with Crippen LogP contribution in [0.3, 0.4) is 0 Å². The highest BCUT2D eigenvalue weighted by Crippen LogP contribution is 2.12. The fraction of sp³-hybridized carbons (Fsp3) is 0.750. The van der Waals surface area contributed by atoms with E-state index in [1.165, 1.54) is 11.8 Å². The number of carboxylic acids is 1. The Morgan fingerprint density at radius 3 is 2.26 bits per heavy atom. The Balaban J connectivity index is 4.37. The van der Waals surface area contributed by atoms with E-state index in [2.05, 4.69) is 10.6 Å². The first-order valence-electron chi connectivity index (χ1n) is 6.30. The van der Waals surface area contributed by atoms with Crippen molar-refractivity contribution >= 4 is 17.9 Å². The van der Waals surface area contributed by atoms with Gasteiger partial charge in [0.15, 0.2) is 0 Å². The van der Waals surface area contributed by atoms with Crippen LogP contribution in [0.15, 0.2) is 0 Å². The SMILES string of the molecule is CCCC(C)(NC(=O)NCC(=O)N(C)CC)C(=O)O. The highest BCUT2D eigenvalue weighted by atomic mass is 16.4. The third kappa shape index (κ3) is 5.58. The van der Waals surface area contributed by atoms with Crippen LogP contribution in [0.2, 0.25) is 0 Å². The molecule has 1 atom stereocenters. The third-order valence-electron chi connectivity index (χ3n) is 2.91. The van der Waals surface area contributed by atoms with Crippen LogP contribution in [0, 0.1) is 0 Å². The van der Waals surface area contributed by atoms with Gasteiger partial charge in [0, 0.05) is 13.6 Å². The number of carbonyl (C=O) groups is 3. The Hall–Kier alpha value is -1.79.